The van der Waals surface area contributed by atoms with Crippen molar-refractivity contribution >= 4 is 23.4 Å². The number of benzene rings is 1. The van der Waals surface area contributed by atoms with E-state index in [1.165, 1.54) is 12.1 Å². The number of piperazine rings is 1. The Balaban J connectivity index is 1.69. The first-order chi connectivity index (χ1) is 15.6. The Labute approximate surface area is 189 Å². The number of carbonyl (C=O) groups excluding carboxylic acids is 1. The molecule has 174 valence electrons. The number of anilines is 3. The molecule has 1 aliphatic heterocycles. The van der Waals surface area contributed by atoms with Crippen molar-refractivity contribution in [3.63, 3.8) is 0 Å². The molecule has 1 amide bonds. The summed E-state index contributed by atoms with van der Waals surface area (Å²) < 4.78 is 41.1. The third kappa shape index (κ3) is 5.07. The zero-order valence-electron chi connectivity index (χ0n) is 18.5. The Hall–Kier alpha value is -3.63. The second-order valence-corrected chi connectivity index (χ2v) is 7.94. The van der Waals surface area contributed by atoms with Crippen molar-refractivity contribution in [1.29, 1.82) is 0 Å². The third-order valence-corrected chi connectivity index (χ3v) is 5.42. The number of alkyl halides is 3. The predicted octanol–water partition coefficient (Wildman–Crippen LogP) is 3.71. The van der Waals surface area contributed by atoms with Gasteiger partial charge in [-0.15, -0.1) is 0 Å². The lowest BCUT2D eigenvalue weighted by molar-refractivity contribution is -0.137. The molecule has 33 heavy (non-hydrogen) atoms. The van der Waals surface area contributed by atoms with Crippen LogP contribution < -0.4 is 10.2 Å². The van der Waals surface area contributed by atoms with Crippen LogP contribution in [0.4, 0.5) is 30.6 Å². The first-order valence-corrected chi connectivity index (χ1v) is 10.5. The minimum absolute atomic E-state index is 0.0209. The van der Waals surface area contributed by atoms with Crippen LogP contribution in [0, 0.1) is 13.8 Å². The maximum Gasteiger partial charge on any atom is 0.416 e. The van der Waals surface area contributed by atoms with Crippen molar-refractivity contribution in [1.82, 2.24) is 24.6 Å². The summed E-state index contributed by atoms with van der Waals surface area (Å²) in [4.78, 5) is 24.5. The summed E-state index contributed by atoms with van der Waals surface area (Å²) in [5.74, 6) is 1.27. The average molecular weight is 459 g/mol. The molecule has 0 aliphatic carbocycles. The second kappa shape index (κ2) is 8.72. The number of carbonyl (C=O) groups is 1. The van der Waals surface area contributed by atoms with Crippen LogP contribution in [0.5, 0.6) is 0 Å². The van der Waals surface area contributed by atoms with Crippen LogP contribution in [-0.4, -0.2) is 56.7 Å². The van der Waals surface area contributed by atoms with Crippen molar-refractivity contribution in [2.45, 2.75) is 26.9 Å². The molecular formula is C22H24F3N7O. The number of aryl methyl sites for hydroxylation is 2. The molecule has 0 atom stereocenters. The summed E-state index contributed by atoms with van der Waals surface area (Å²) in [6, 6.07) is 8.59. The molecule has 1 N–H and O–H groups in total. The number of halogens is 3. The van der Waals surface area contributed by atoms with Crippen molar-refractivity contribution in [2.24, 2.45) is 0 Å². The van der Waals surface area contributed by atoms with Gasteiger partial charge in [-0.05, 0) is 38.1 Å². The summed E-state index contributed by atoms with van der Waals surface area (Å²) in [6.45, 7) is 7.59. The highest BCUT2D eigenvalue weighted by Crippen LogP contribution is 2.31. The van der Waals surface area contributed by atoms with Crippen molar-refractivity contribution < 1.29 is 18.0 Å². The number of hydrogen-bond donors (Lipinski definition) is 1. The van der Waals surface area contributed by atoms with Crippen molar-refractivity contribution in [3.05, 3.63) is 53.3 Å². The average Bonchev–Trinajstić information content (AvgIpc) is 3.11. The number of hydrogen-bond acceptors (Lipinski definition) is 6. The van der Waals surface area contributed by atoms with Gasteiger partial charge in [0.15, 0.2) is 5.82 Å². The topological polar surface area (TPSA) is 79.2 Å². The molecule has 1 aromatic carbocycles. The summed E-state index contributed by atoms with van der Waals surface area (Å²) >= 11 is 0. The van der Waals surface area contributed by atoms with Gasteiger partial charge in [-0.3, -0.25) is 4.79 Å². The van der Waals surface area contributed by atoms with E-state index in [1.807, 2.05) is 24.8 Å². The van der Waals surface area contributed by atoms with Crippen LogP contribution in [-0.2, 0) is 11.0 Å². The fourth-order valence-corrected chi connectivity index (χ4v) is 3.76. The highest BCUT2D eigenvalue weighted by molar-refractivity contribution is 5.73. The Morgan fingerprint density at radius 1 is 1.00 bits per heavy atom. The summed E-state index contributed by atoms with van der Waals surface area (Å²) in [6.07, 6.45) is -4.45. The highest BCUT2D eigenvalue weighted by atomic mass is 19.4. The zero-order chi connectivity index (χ0) is 23.8. The minimum Gasteiger partial charge on any atom is -0.353 e. The summed E-state index contributed by atoms with van der Waals surface area (Å²) in [7, 11) is 0. The van der Waals surface area contributed by atoms with E-state index in [2.05, 4.69) is 20.4 Å². The fraction of sp³-hybridized carbons (Fsp3) is 0.364. The molecule has 1 saturated heterocycles. The molecule has 2 aromatic heterocycles. The van der Waals surface area contributed by atoms with E-state index in [1.54, 1.807) is 22.6 Å². The van der Waals surface area contributed by atoms with Crippen molar-refractivity contribution in [2.75, 3.05) is 36.4 Å². The van der Waals surface area contributed by atoms with Gasteiger partial charge in [0.25, 0.3) is 0 Å². The van der Waals surface area contributed by atoms with E-state index in [4.69, 9.17) is 0 Å². The zero-order valence-corrected chi connectivity index (χ0v) is 18.5. The van der Waals surface area contributed by atoms with Crippen LogP contribution in [0.15, 0.2) is 36.4 Å². The van der Waals surface area contributed by atoms with Gasteiger partial charge in [-0.25, -0.2) is 4.68 Å². The quantitative estimate of drug-likeness (QED) is 0.641. The fourth-order valence-electron chi connectivity index (χ4n) is 3.76. The Kier molecular flexibility index (Phi) is 5.96. The largest absolute Gasteiger partial charge is 0.416 e. The molecule has 4 rings (SSSR count). The molecule has 0 bridgehead atoms. The highest BCUT2D eigenvalue weighted by Gasteiger charge is 2.30. The van der Waals surface area contributed by atoms with Gasteiger partial charge in [-0.1, -0.05) is 6.07 Å². The maximum absolute atomic E-state index is 13.1. The summed E-state index contributed by atoms with van der Waals surface area (Å²) in [5.41, 5.74) is 1.14. The predicted molar refractivity (Wildman–Crippen MR) is 118 cm³/mol. The number of aromatic nitrogens is 4. The number of amides is 1. The van der Waals surface area contributed by atoms with Crippen LogP contribution in [0.25, 0.3) is 5.82 Å². The molecule has 3 heterocycles. The molecular weight excluding hydrogens is 435 g/mol. The van der Waals surface area contributed by atoms with Crippen LogP contribution in [0.3, 0.4) is 0 Å². The van der Waals surface area contributed by atoms with Crippen LogP contribution in [0.1, 0.15) is 23.9 Å². The molecule has 11 heteroatoms. The molecule has 0 spiro atoms. The second-order valence-electron chi connectivity index (χ2n) is 7.94. The normalized spacial score (nSPS) is 14.5. The molecule has 0 radical (unpaired) electrons. The lowest BCUT2D eigenvalue weighted by Crippen LogP contribution is -2.48. The van der Waals surface area contributed by atoms with E-state index >= 15 is 0 Å². The molecule has 0 saturated carbocycles. The lowest BCUT2D eigenvalue weighted by Gasteiger charge is -2.35. The molecule has 1 aliphatic rings. The Bertz CT molecular complexity index is 1170. The SMILES string of the molecule is CC(=O)N1CCN(c2cc(-n3nc(C)cc3C)nc(Nc3cccc(C(F)(F)F)c3)n2)CC1. The first-order valence-electron chi connectivity index (χ1n) is 10.5. The first kappa shape index (κ1) is 22.6. The number of nitrogens with zero attached hydrogens (tertiary/aromatic N) is 6. The standard InChI is InChI=1S/C22H24F3N7O/c1-14-11-15(2)32(29-14)20-13-19(31-9-7-30(8-10-31)16(3)33)27-21(28-20)26-18-6-4-5-17(12-18)22(23,24)25/h4-6,11-13H,7-10H2,1-3H3,(H,26,27,28). The number of rotatable bonds is 4. The van der Waals surface area contributed by atoms with Gasteiger partial charge in [0.2, 0.25) is 11.9 Å². The third-order valence-electron chi connectivity index (χ3n) is 5.42. The smallest absolute Gasteiger partial charge is 0.353 e. The Morgan fingerprint density at radius 2 is 1.70 bits per heavy atom. The monoisotopic (exact) mass is 459 g/mol. The van der Waals surface area contributed by atoms with E-state index < -0.39 is 11.7 Å². The lowest BCUT2D eigenvalue weighted by atomic mass is 10.2. The molecule has 3 aromatic rings. The van der Waals surface area contributed by atoms with E-state index in [-0.39, 0.29) is 17.5 Å². The molecule has 1 fully saturated rings. The maximum atomic E-state index is 13.1. The van der Waals surface area contributed by atoms with E-state index in [0.717, 1.165) is 23.5 Å². The minimum atomic E-state index is -4.45. The van der Waals surface area contributed by atoms with E-state index in [0.29, 0.717) is 37.8 Å². The van der Waals surface area contributed by atoms with Gasteiger partial charge in [0, 0.05) is 50.6 Å². The molecule has 8 nitrogen and oxygen atoms in total. The molecule has 0 unspecified atom stereocenters. The van der Waals surface area contributed by atoms with Crippen LogP contribution >= 0.6 is 0 Å². The van der Waals surface area contributed by atoms with Gasteiger partial charge >= 0.3 is 6.18 Å². The number of nitrogens with one attached hydrogen (secondary N) is 1. The van der Waals surface area contributed by atoms with Gasteiger partial charge in [0.05, 0.1) is 11.3 Å². The summed E-state index contributed by atoms with van der Waals surface area (Å²) in [5, 5.41) is 7.38. The van der Waals surface area contributed by atoms with Gasteiger partial charge in [-0.2, -0.15) is 28.2 Å². The van der Waals surface area contributed by atoms with Gasteiger partial charge in [0.1, 0.15) is 5.82 Å². The van der Waals surface area contributed by atoms with Gasteiger partial charge < -0.3 is 15.1 Å². The van der Waals surface area contributed by atoms with Crippen molar-refractivity contribution in [3.8, 4) is 5.82 Å². The van der Waals surface area contributed by atoms with E-state index in [9.17, 15) is 18.0 Å². The van der Waals surface area contributed by atoms with Crippen LogP contribution in [0.2, 0.25) is 0 Å². The Morgan fingerprint density at radius 3 is 2.30 bits per heavy atom.